The Bertz CT molecular complexity index is 866. The molecular weight excluding hydrogens is 340 g/mol. The molecule has 1 atom stereocenters. The van der Waals surface area contributed by atoms with Crippen LogP contribution in [0.1, 0.15) is 32.3 Å². The number of carboxylic acids is 1. The van der Waals surface area contributed by atoms with Crippen molar-refractivity contribution < 1.29 is 24.4 Å². The molecule has 1 aromatic rings. The summed E-state index contributed by atoms with van der Waals surface area (Å²) in [6.07, 6.45) is 2.71. The molecule has 1 aliphatic rings. The van der Waals surface area contributed by atoms with Gasteiger partial charge in [0.15, 0.2) is 0 Å². The van der Waals surface area contributed by atoms with Crippen LogP contribution in [0.5, 0.6) is 0 Å². The van der Waals surface area contributed by atoms with E-state index in [2.05, 4.69) is 5.32 Å². The van der Waals surface area contributed by atoms with Gasteiger partial charge in [-0.2, -0.15) is 0 Å². The zero-order chi connectivity index (χ0) is 19.4. The first-order chi connectivity index (χ1) is 12.3. The van der Waals surface area contributed by atoms with E-state index < -0.39 is 22.8 Å². The number of nitrogens with zero attached hydrogens (tertiary/aromatic N) is 1. The highest BCUT2D eigenvalue weighted by Crippen LogP contribution is 2.39. The van der Waals surface area contributed by atoms with E-state index in [9.17, 15) is 24.8 Å². The van der Waals surface area contributed by atoms with Gasteiger partial charge < -0.3 is 15.2 Å². The van der Waals surface area contributed by atoms with Crippen molar-refractivity contribution in [3.05, 3.63) is 74.8 Å². The summed E-state index contributed by atoms with van der Waals surface area (Å²) in [5, 5.41) is 23.6. The number of nitro benzene ring substituents is 1. The summed E-state index contributed by atoms with van der Waals surface area (Å²) < 4.78 is 5.03. The Morgan fingerprint density at radius 1 is 1.27 bits per heavy atom. The molecule has 1 aromatic carbocycles. The lowest BCUT2D eigenvalue weighted by molar-refractivity contribution is -0.384. The minimum Gasteiger partial charge on any atom is -0.478 e. The lowest BCUT2D eigenvalue weighted by Gasteiger charge is -2.29. The van der Waals surface area contributed by atoms with Gasteiger partial charge in [0.2, 0.25) is 0 Å². The third-order valence-corrected chi connectivity index (χ3v) is 3.94. The Kier molecular flexibility index (Phi) is 5.56. The normalized spacial score (nSPS) is 17.3. The first-order valence-corrected chi connectivity index (χ1v) is 7.76. The average molecular weight is 358 g/mol. The number of hydrogen-bond acceptors (Lipinski definition) is 6. The van der Waals surface area contributed by atoms with Crippen LogP contribution in [0.2, 0.25) is 0 Å². The Hall–Kier alpha value is -3.42. The third kappa shape index (κ3) is 3.64. The minimum absolute atomic E-state index is 0.0662. The SMILES string of the molecule is CC=COC(=O)C1=C(C)NC(C)=C(C(=O)O)C1c1cccc([N+](=O)[O-])c1. The number of nitrogens with one attached hydrogen (secondary N) is 1. The van der Waals surface area contributed by atoms with Gasteiger partial charge in [-0.05, 0) is 26.3 Å². The average Bonchev–Trinajstić information content (AvgIpc) is 2.58. The van der Waals surface area contributed by atoms with Crippen LogP contribution in [-0.2, 0) is 14.3 Å². The van der Waals surface area contributed by atoms with Gasteiger partial charge in [0.1, 0.15) is 0 Å². The minimum atomic E-state index is -1.23. The fourth-order valence-electron chi connectivity index (χ4n) is 2.89. The topological polar surface area (TPSA) is 119 Å². The smallest absolute Gasteiger partial charge is 0.341 e. The van der Waals surface area contributed by atoms with Crippen molar-refractivity contribution in [3.63, 3.8) is 0 Å². The second kappa shape index (κ2) is 7.64. The highest BCUT2D eigenvalue weighted by Gasteiger charge is 2.37. The van der Waals surface area contributed by atoms with Crippen molar-refractivity contribution in [2.45, 2.75) is 26.7 Å². The summed E-state index contributed by atoms with van der Waals surface area (Å²) in [4.78, 5) is 34.9. The molecule has 1 unspecified atom stereocenters. The van der Waals surface area contributed by atoms with E-state index in [0.29, 0.717) is 17.0 Å². The quantitative estimate of drug-likeness (QED) is 0.359. The highest BCUT2D eigenvalue weighted by atomic mass is 16.6. The number of benzene rings is 1. The molecule has 0 aliphatic carbocycles. The molecule has 0 amide bonds. The van der Waals surface area contributed by atoms with Crippen molar-refractivity contribution in [1.29, 1.82) is 0 Å². The van der Waals surface area contributed by atoms with E-state index >= 15 is 0 Å². The Labute approximate surface area is 149 Å². The number of carbonyl (C=O) groups excluding carboxylic acids is 1. The maximum absolute atomic E-state index is 12.5. The Balaban J connectivity index is 2.67. The number of ether oxygens (including phenoxy) is 1. The fraction of sp³-hybridized carbons (Fsp3) is 0.222. The number of nitro groups is 1. The number of carboxylic acid groups (broad SMARTS) is 1. The molecule has 26 heavy (non-hydrogen) atoms. The first-order valence-electron chi connectivity index (χ1n) is 7.76. The number of non-ortho nitro benzene ring substituents is 1. The van der Waals surface area contributed by atoms with Gasteiger partial charge in [0.05, 0.1) is 28.2 Å². The van der Waals surface area contributed by atoms with Gasteiger partial charge in [-0.15, -0.1) is 0 Å². The third-order valence-electron chi connectivity index (χ3n) is 3.94. The van der Waals surface area contributed by atoms with Crippen molar-refractivity contribution in [2.24, 2.45) is 0 Å². The van der Waals surface area contributed by atoms with Crippen LogP contribution in [0.3, 0.4) is 0 Å². The summed E-state index contributed by atoms with van der Waals surface area (Å²) in [7, 11) is 0. The van der Waals surface area contributed by atoms with Crippen LogP contribution >= 0.6 is 0 Å². The molecule has 0 bridgehead atoms. The van der Waals surface area contributed by atoms with E-state index in [1.165, 1.54) is 30.5 Å². The molecule has 0 saturated heterocycles. The zero-order valence-corrected chi connectivity index (χ0v) is 14.5. The molecule has 8 heteroatoms. The van der Waals surface area contributed by atoms with Crippen LogP contribution in [0.25, 0.3) is 0 Å². The number of allylic oxidation sites excluding steroid dienone is 3. The second-order valence-corrected chi connectivity index (χ2v) is 5.67. The predicted molar refractivity (Wildman–Crippen MR) is 92.9 cm³/mol. The van der Waals surface area contributed by atoms with E-state index in [1.54, 1.807) is 26.8 Å². The lowest BCUT2D eigenvalue weighted by Crippen LogP contribution is -2.31. The van der Waals surface area contributed by atoms with Gasteiger partial charge in [-0.25, -0.2) is 9.59 Å². The van der Waals surface area contributed by atoms with Crippen molar-refractivity contribution in [2.75, 3.05) is 0 Å². The highest BCUT2D eigenvalue weighted by molar-refractivity contribution is 5.99. The van der Waals surface area contributed by atoms with Crippen LogP contribution < -0.4 is 5.32 Å². The zero-order valence-electron chi connectivity index (χ0n) is 14.5. The molecule has 136 valence electrons. The van der Waals surface area contributed by atoms with Crippen molar-refractivity contribution in [3.8, 4) is 0 Å². The second-order valence-electron chi connectivity index (χ2n) is 5.67. The number of hydrogen-bond donors (Lipinski definition) is 2. The molecule has 0 fully saturated rings. The van der Waals surface area contributed by atoms with E-state index in [4.69, 9.17) is 4.74 Å². The molecular formula is C18H18N2O6. The number of esters is 1. The molecule has 0 radical (unpaired) electrons. The summed E-state index contributed by atoms with van der Waals surface area (Å²) in [6.45, 7) is 4.86. The largest absolute Gasteiger partial charge is 0.478 e. The van der Waals surface area contributed by atoms with Crippen LogP contribution in [0.4, 0.5) is 5.69 Å². The maximum Gasteiger partial charge on any atom is 0.341 e. The van der Waals surface area contributed by atoms with Gasteiger partial charge in [0.25, 0.3) is 5.69 Å². The number of rotatable bonds is 5. The molecule has 0 saturated carbocycles. The molecule has 0 aromatic heterocycles. The summed E-state index contributed by atoms with van der Waals surface area (Å²) in [5.74, 6) is -2.95. The monoisotopic (exact) mass is 358 g/mol. The molecule has 1 aliphatic heterocycles. The number of aliphatic carboxylic acids is 1. The number of carbonyl (C=O) groups is 2. The Morgan fingerprint density at radius 3 is 2.50 bits per heavy atom. The fourth-order valence-corrected chi connectivity index (χ4v) is 2.89. The Morgan fingerprint density at radius 2 is 1.92 bits per heavy atom. The van der Waals surface area contributed by atoms with Gasteiger partial charge in [-0.3, -0.25) is 10.1 Å². The first kappa shape index (κ1) is 18.9. The van der Waals surface area contributed by atoms with Gasteiger partial charge in [-0.1, -0.05) is 18.2 Å². The molecule has 1 heterocycles. The summed E-state index contributed by atoms with van der Waals surface area (Å²) >= 11 is 0. The van der Waals surface area contributed by atoms with E-state index in [1.807, 2.05) is 0 Å². The molecule has 0 spiro atoms. The van der Waals surface area contributed by atoms with Crippen molar-refractivity contribution >= 4 is 17.6 Å². The van der Waals surface area contributed by atoms with Gasteiger partial charge >= 0.3 is 11.9 Å². The van der Waals surface area contributed by atoms with Crippen LogP contribution in [-0.4, -0.2) is 22.0 Å². The molecule has 2 N–H and O–H groups in total. The lowest BCUT2D eigenvalue weighted by atomic mass is 9.80. The molecule has 8 nitrogen and oxygen atoms in total. The van der Waals surface area contributed by atoms with Crippen LogP contribution in [0.15, 0.2) is 59.1 Å². The van der Waals surface area contributed by atoms with Crippen LogP contribution in [0, 0.1) is 10.1 Å². The molecule has 2 rings (SSSR count). The van der Waals surface area contributed by atoms with E-state index in [0.717, 1.165) is 0 Å². The number of dihydropyridines is 1. The predicted octanol–water partition coefficient (Wildman–Crippen LogP) is 2.99. The van der Waals surface area contributed by atoms with Gasteiger partial charge in [0, 0.05) is 23.5 Å². The summed E-state index contributed by atoms with van der Waals surface area (Å²) in [5.41, 5.74) is 0.939. The van der Waals surface area contributed by atoms with E-state index in [-0.39, 0.29) is 16.8 Å². The van der Waals surface area contributed by atoms with Crippen molar-refractivity contribution in [1.82, 2.24) is 5.32 Å². The standard InChI is InChI=1S/C18H18N2O6/c1-4-8-26-18(23)15-11(3)19-10(2)14(17(21)22)16(15)12-6-5-7-13(9-12)20(24)25/h4-9,16,19H,1-3H3,(H,21,22). The summed E-state index contributed by atoms with van der Waals surface area (Å²) in [6, 6.07) is 5.57. The maximum atomic E-state index is 12.5.